The van der Waals surface area contributed by atoms with E-state index in [1.165, 1.54) is 0 Å². The van der Waals surface area contributed by atoms with Crippen molar-refractivity contribution in [1.82, 2.24) is 9.80 Å². The van der Waals surface area contributed by atoms with E-state index in [9.17, 15) is 9.90 Å². The predicted octanol–water partition coefficient (Wildman–Crippen LogP) is 2.48. The number of carboxylic acids is 1. The van der Waals surface area contributed by atoms with Crippen molar-refractivity contribution in [3.05, 3.63) is 33.3 Å². The molecule has 1 saturated heterocycles. The molecule has 0 aliphatic carbocycles. The molecule has 1 aliphatic rings. The molecule has 0 radical (unpaired) electrons. The van der Waals surface area contributed by atoms with Crippen molar-refractivity contribution in [1.29, 1.82) is 0 Å². The van der Waals surface area contributed by atoms with E-state index >= 15 is 0 Å². The number of carboxylic acid groups (broad SMARTS) is 1. The molecular formula is C13H16BrClN2O2. The minimum Gasteiger partial charge on any atom is -0.480 e. The predicted molar refractivity (Wildman–Crippen MR) is 78.6 cm³/mol. The molecule has 1 atom stereocenters. The zero-order valence-corrected chi connectivity index (χ0v) is 13.0. The third-order valence-electron chi connectivity index (χ3n) is 3.39. The van der Waals surface area contributed by atoms with E-state index in [0.717, 1.165) is 30.7 Å². The van der Waals surface area contributed by atoms with E-state index < -0.39 is 12.0 Å². The van der Waals surface area contributed by atoms with Gasteiger partial charge in [-0.2, -0.15) is 0 Å². The van der Waals surface area contributed by atoms with Crippen molar-refractivity contribution in [2.45, 2.75) is 6.04 Å². The number of rotatable bonds is 3. The Bertz CT molecular complexity index is 476. The van der Waals surface area contributed by atoms with Crippen LogP contribution in [-0.2, 0) is 4.79 Å². The number of halogens is 2. The first kappa shape index (κ1) is 14.8. The molecule has 4 nitrogen and oxygen atoms in total. The summed E-state index contributed by atoms with van der Waals surface area (Å²) in [6, 6.07) is 4.67. The summed E-state index contributed by atoms with van der Waals surface area (Å²) >= 11 is 9.52. The fourth-order valence-electron chi connectivity index (χ4n) is 2.29. The molecule has 1 aliphatic heterocycles. The van der Waals surface area contributed by atoms with Crippen LogP contribution in [0.4, 0.5) is 0 Å². The average Bonchev–Trinajstić information content (AvgIpc) is 2.34. The van der Waals surface area contributed by atoms with Crippen molar-refractivity contribution >= 4 is 33.5 Å². The molecule has 0 bridgehead atoms. The van der Waals surface area contributed by atoms with E-state index in [1.807, 2.05) is 18.0 Å². The van der Waals surface area contributed by atoms with E-state index in [2.05, 4.69) is 20.8 Å². The lowest BCUT2D eigenvalue weighted by Crippen LogP contribution is -2.47. The fourth-order valence-corrected chi connectivity index (χ4v) is 3.07. The lowest BCUT2D eigenvalue weighted by Gasteiger charge is -2.36. The second kappa shape index (κ2) is 6.22. The number of piperazine rings is 1. The van der Waals surface area contributed by atoms with Crippen molar-refractivity contribution in [2.24, 2.45) is 0 Å². The topological polar surface area (TPSA) is 43.8 Å². The lowest BCUT2D eigenvalue weighted by atomic mass is 10.0. The molecule has 1 aromatic carbocycles. The van der Waals surface area contributed by atoms with Gasteiger partial charge in [-0.25, -0.2) is 0 Å². The van der Waals surface area contributed by atoms with Crippen LogP contribution in [0.25, 0.3) is 0 Å². The monoisotopic (exact) mass is 346 g/mol. The number of benzene rings is 1. The number of likely N-dealkylation sites (N-methyl/N-ethyl adjacent to an activating group) is 1. The minimum absolute atomic E-state index is 0.487. The Morgan fingerprint density at radius 1 is 1.37 bits per heavy atom. The van der Waals surface area contributed by atoms with Crippen molar-refractivity contribution in [3.63, 3.8) is 0 Å². The molecule has 1 unspecified atom stereocenters. The summed E-state index contributed by atoms with van der Waals surface area (Å²) in [4.78, 5) is 15.8. The van der Waals surface area contributed by atoms with Crippen LogP contribution in [-0.4, -0.2) is 54.1 Å². The highest BCUT2D eigenvalue weighted by Gasteiger charge is 2.31. The maximum atomic E-state index is 11.6. The molecule has 1 fully saturated rings. The highest BCUT2D eigenvalue weighted by Crippen LogP contribution is 2.30. The Hall–Kier alpha value is -0.620. The van der Waals surface area contributed by atoms with Gasteiger partial charge in [-0.15, -0.1) is 0 Å². The quantitative estimate of drug-likeness (QED) is 0.912. The van der Waals surface area contributed by atoms with Gasteiger partial charge in [0.05, 0.1) is 0 Å². The molecule has 19 heavy (non-hydrogen) atoms. The number of nitrogens with zero attached hydrogens (tertiary/aromatic N) is 2. The summed E-state index contributed by atoms with van der Waals surface area (Å²) < 4.78 is 0.851. The molecule has 0 saturated carbocycles. The molecule has 1 N–H and O–H groups in total. The molecule has 2 rings (SSSR count). The zero-order valence-electron chi connectivity index (χ0n) is 10.6. The van der Waals surface area contributed by atoms with Crippen LogP contribution < -0.4 is 0 Å². The normalized spacial score (nSPS) is 19.3. The summed E-state index contributed by atoms with van der Waals surface area (Å²) in [6.07, 6.45) is 0. The Morgan fingerprint density at radius 3 is 2.53 bits per heavy atom. The first-order valence-corrected chi connectivity index (χ1v) is 7.26. The smallest absolute Gasteiger partial charge is 0.325 e. The first-order valence-electron chi connectivity index (χ1n) is 6.09. The van der Waals surface area contributed by atoms with Gasteiger partial charge in [0.25, 0.3) is 0 Å². The zero-order chi connectivity index (χ0) is 14.0. The van der Waals surface area contributed by atoms with Gasteiger partial charge in [0.2, 0.25) is 0 Å². The van der Waals surface area contributed by atoms with Gasteiger partial charge in [0, 0.05) is 35.7 Å². The van der Waals surface area contributed by atoms with Crippen LogP contribution in [0.2, 0.25) is 5.02 Å². The standard InChI is InChI=1S/C13H16BrClN2O2/c1-16-4-6-17(7-5-16)12(13(18)19)10-3-2-9(14)8-11(10)15/h2-3,8,12H,4-7H2,1H3,(H,18,19). The summed E-state index contributed by atoms with van der Waals surface area (Å²) in [5.41, 5.74) is 0.655. The summed E-state index contributed by atoms with van der Waals surface area (Å²) in [5.74, 6) is -0.853. The van der Waals surface area contributed by atoms with Gasteiger partial charge in [-0.3, -0.25) is 9.69 Å². The number of carbonyl (C=O) groups is 1. The maximum Gasteiger partial charge on any atom is 0.325 e. The second-order valence-corrected chi connectivity index (χ2v) is 6.07. The molecule has 0 aromatic heterocycles. The van der Waals surface area contributed by atoms with Gasteiger partial charge >= 0.3 is 5.97 Å². The van der Waals surface area contributed by atoms with Crippen LogP contribution >= 0.6 is 27.5 Å². The number of aliphatic carboxylic acids is 1. The fraction of sp³-hybridized carbons (Fsp3) is 0.462. The van der Waals surface area contributed by atoms with Gasteiger partial charge in [-0.05, 0) is 24.7 Å². The van der Waals surface area contributed by atoms with E-state index in [4.69, 9.17) is 11.6 Å². The minimum atomic E-state index is -0.853. The molecule has 0 spiro atoms. The van der Waals surface area contributed by atoms with Crippen LogP contribution in [0, 0.1) is 0 Å². The van der Waals surface area contributed by atoms with Gasteiger partial charge in [0.1, 0.15) is 6.04 Å². The summed E-state index contributed by atoms with van der Waals surface area (Å²) in [5, 5.41) is 10.00. The van der Waals surface area contributed by atoms with Gasteiger partial charge in [-0.1, -0.05) is 33.6 Å². The van der Waals surface area contributed by atoms with Crippen molar-refractivity contribution in [3.8, 4) is 0 Å². The molecule has 0 amide bonds. The largest absolute Gasteiger partial charge is 0.480 e. The van der Waals surface area contributed by atoms with Crippen molar-refractivity contribution < 1.29 is 9.90 Å². The van der Waals surface area contributed by atoms with Gasteiger partial charge < -0.3 is 10.0 Å². The van der Waals surface area contributed by atoms with Gasteiger partial charge in [0.15, 0.2) is 0 Å². The molecule has 1 heterocycles. The van der Waals surface area contributed by atoms with Crippen LogP contribution in [0.5, 0.6) is 0 Å². The van der Waals surface area contributed by atoms with Crippen LogP contribution in [0.3, 0.4) is 0 Å². The third-order valence-corrected chi connectivity index (χ3v) is 4.21. The van der Waals surface area contributed by atoms with Crippen LogP contribution in [0.1, 0.15) is 11.6 Å². The molecule has 6 heteroatoms. The molecular weight excluding hydrogens is 332 g/mol. The third kappa shape index (κ3) is 3.48. The molecule has 104 valence electrons. The Morgan fingerprint density at radius 2 is 2.00 bits per heavy atom. The van der Waals surface area contributed by atoms with E-state index in [0.29, 0.717) is 10.6 Å². The Kier molecular flexibility index (Phi) is 4.84. The number of hydrogen-bond acceptors (Lipinski definition) is 3. The summed E-state index contributed by atoms with van der Waals surface area (Å²) in [6.45, 7) is 3.22. The molecule has 1 aromatic rings. The summed E-state index contributed by atoms with van der Waals surface area (Å²) in [7, 11) is 2.04. The van der Waals surface area contributed by atoms with Crippen LogP contribution in [0.15, 0.2) is 22.7 Å². The highest BCUT2D eigenvalue weighted by molar-refractivity contribution is 9.10. The Balaban J connectivity index is 2.27. The maximum absolute atomic E-state index is 11.6. The number of hydrogen-bond donors (Lipinski definition) is 1. The lowest BCUT2D eigenvalue weighted by molar-refractivity contribution is -0.144. The SMILES string of the molecule is CN1CCN(C(C(=O)O)c2ccc(Br)cc2Cl)CC1. The first-order chi connectivity index (χ1) is 8.99. The highest BCUT2D eigenvalue weighted by atomic mass is 79.9. The van der Waals surface area contributed by atoms with Crippen molar-refractivity contribution in [2.75, 3.05) is 33.2 Å². The van der Waals surface area contributed by atoms with E-state index in [-0.39, 0.29) is 0 Å². The van der Waals surface area contributed by atoms with E-state index in [1.54, 1.807) is 12.1 Å². The Labute approximate surface area is 126 Å². The second-order valence-electron chi connectivity index (χ2n) is 4.75. The average molecular weight is 348 g/mol.